The van der Waals surface area contributed by atoms with E-state index in [4.69, 9.17) is 5.11 Å². The van der Waals surface area contributed by atoms with Crippen LogP contribution in [0.3, 0.4) is 0 Å². The molecule has 2 fully saturated rings. The summed E-state index contributed by atoms with van der Waals surface area (Å²) in [4.78, 5) is 24.4. The molecule has 2 rings (SSSR count). The van der Waals surface area contributed by atoms with Gasteiger partial charge in [-0.05, 0) is 6.42 Å². The van der Waals surface area contributed by atoms with Gasteiger partial charge in [-0.1, -0.05) is 0 Å². The molecular weight excluding hydrogens is 286 g/mol. The highest BCUT2D eigenvalue weighted by Crippen LogP contribution is 2.40. The molecule has 0 aromatic rings. The predicted octanol–water partition coefficient (Wildman–Crippen LogP) is -1.34. The Balaban J connectivity index is 1.89. The molecule has 0 unspecified atom stereocenters. The van der Waals surface area contributed by atoms with Crippen LogP contribution in [0, 0.1) is 11.8 Å². The molecule has 1 saturated heterocycles. The minimum Gasteiger partial charge on any atom is -0.481 e. The van der Waals surface area contributed by atoms with Gasteiger partial charge < -0.3 is 10.0 Å². The Labute approximate surface area is 118 Å². The molecule has 9 heteroatoms. The molecule has 1 N–H and O–H groups in total. The first-order valence-electron chi connectivity index (χ1n) is 6.44. The molecule has 0 aromatic carbocycles. The second-order valence-corrected chi connectivity index (χ2v) is 7.44. The number of hydrogen-bond donors (Lipinski definition) is 1. The van der Waals surface area contributed by atoms with Gasteiger partial charge in [0, 0.05) is 40.3 Å². The predicted molar refractivity (Wildman–Crippen MR) is 70.0 cm³/mol. The van der Waals surface area contributed by atoms with E-state index in [1.54, 1.807) is 4.90 Å². The summed E-state index contributed by atoms with van der Waals surface area (Å²) in [7, 11) is -0.510. The van der Waals surface area contributed by atoms with E-state index < -0.39 is 28.0 Å². The van der Waals surface area contributed by atoms with Crippen molar-refractivity contribution in [3.8, 4) is 0 Å². The van der Waals surface area contributed by atoms with Crippen LogP contribution >= 0.6 is 0 Å². The highest BCUT2D eigenvalue weighted by Gasteiger charge is 2.50. The second-order valence-electron chi connectivity index (χ2n) is 5.30. The Bertz CT molecular complexity index is 510. The number of hydrogen-bond acceptors (Lipinski definition) is 4. The molecule has 114 valence electrons. The van der Waals surface area contributed by atoms with Gasteiger partial charge in [0.1, 0.15) is 0 Å². The molecule has 2 aliphatic rings. The van der Waals surface area contributed by atoms with Crippen LogP contribution < -0.4 is 0 Å². The summed E-state index contributed by atoms with van der Waals surface area (Å²) >= 11 is 0. The lowest BCUT2D eigenvalue weighted by Crippen LogP contribution is -2.53. The molecule has 8 nitrogen and oxygen atoms in total. The van der Waals surface area contributed by atoms with Crippen molar-refractivity contribution in [3.63, 3.8) is 0 Å². The number of nitrogens with zero attached hydrogens (tertiary/aromatic N) is 3. The number of aliphatic carboxylic acids is 1. The van der Waals surface area contributed by atoms with Crippen LogP contribution in [0.5, 0.6) is 0 Å². The van der Waals surface area contributed by atoms with E-state index in [0.29, 0.717) is 19.5 Å². The third kappa shape index (κ3) is 2.79. The molecule has 20 heavy (non-hydrogen) atoms. The molecule has 1 heterocycles. The molecular formula is C11H19N3O5S. The van der Waals surface area contributed by atoms with Gasteiger partial charge in [-0.15, -0.1) is 0 Å². The molecule has 0 radical (unpaired) electrons. The third-order valence-electron chi connectivity index (χ3n) is 3.76. The summed E-state index contributed by atoms with van der Waals surface area (Å²) in [5.41, 5.74) is 0. The Morgan fingerprint density at radius 2 is 1.65 bits per heavy atom. The Hall–Kier alpha value is -1.19. The van der Waals surface area contributed by atoms with Crippen molar-refractivity contribution in [2.45, 2.75) is 6.42 Å². The minimum absolute atomic E-state index is 0.167. The number of piperazine rings is 1. The van der Waals surface area contributed by atoms with Crippen LogP contribution in [0.4, 0.5) is 0 Å². The summed E-state index contributed by atoms with van der Waals surface area (Å²) in [6.45, 7) is 1.12. The van der Waals surface area contributed by atoms with Crippen LogP contribution in [0.1, 0.15) is 6.42 Å². The lowest BCUT2D eigenvalue weighted by Gasteiger charge is -2.35. The van der Waals surface area contributed by atoms with Crippen molar-refractivity contribution in [2.75, 3.05) is 40.3 Å². The molecule has 1 aliphatic heterocycles. The lowest BCUT2D eigenvalue weighted by atomic mass is 10.2. The number of rotatable bonds is 4. The summed E-state index contributed by atoms with van der Waals surface area (Å²) in [5.74, 6) is -2.09. The van der Waals surface area contributed by atoms with Crippen LogP contribution in [0.2, 0.25) is 0 Å². The average molecular weight is 305 g/mol. The average Bonchev–Trinajstić information content (AvgIpc) is 3.18. The van der Waals surface area contributed by atoms with Gasteiger partial charge in [0.15, 0.2) is 0 Å². The topological polar surface area (TPSA) is 98.2 Å². The maximum Gasteiger partial charge on any atom is 0.307 e. The summed E-state index contributed by atoms with van der Waals surface area (Å²) < 4.78 is 26.3. The fourth-order valence-corrected chi connectivity index (χ4v) is 3.43. The quantitative estimate of drug-likeness (QED) is 0.693. The molecule has 0 spiro atoms. The largest absolute Gasteiger partial charge is 0.481 e. The molecule has 1 amide bonds. The Morgan fingerprint density at radius 1 is 1.10 bits per heavy atom. The zero-order valence-corrected chi connectivity index (χ0v) is 12.3. The highest BCUT2D eigenvalue weighted by atomic mass is 32.2. The first-order chi connectivity index (χ1) is 9.25. The summed E-state index contributed by atoms with van der Waals surface area (Å²) in [6, 6.07) is 0. The van der Waals surface area contributed by atoms with Crippen molar-refractivity contribution in [1.82, 2.24) is 13.5 Å². The van der Waals surface area contributed by atoms with Gasteiger partial charge in [0.25, 0.3) is 10.2 Å². The van der Waals surface area contributed by atoms with Gasteiger partial charge in [-0.25, -0.2) is 0 Å². The number of carboxylic acids is 1. The van der Waals surface area contributed by atoms with E-state index >= 15 is 0 Å². The third-order valence-corrected chi connectivity index (χ3v) is 5.70. The standard InChI is InChI=1S/C11H19N3O5S/c1-12(2)20(18,19)14-5-3-13(4-6-14)10(15)8-7-9(8)11(16)17/h8-9H,3-7H2,1-2H3,(H,16,17)/t8-,9+/m1/s1. The molecule has 0 bridgehead atoms. The van der Waals surface area contributed by atoms with Gasteiger partial charge in [-0.2, -0.15) is 17.0 Å². The molecule has 2 atom stereocenters. The monoisotopic (exact) mass is 305 g/mol. The van der Waals surface area contributed by atoms with E-state index in [9.17, 15) is 18.0 Å². The van der Waals surface area contributed by atoms with E-state index in [0.717, 1.165) is 4.31 Å². The minimum atomic E-state index is -3.44. The SMILES string of the molecule is CN(C)S(=O)(=O)N1CCN(C(=O)[C@@H]2C[C@@H]2C(=O)O)CC1. The fourth-order valence-electron chi connectivity index (χ4n) is 2.35. The van der Waals surface area contributed by atoms with Gasteiger partial charge in [0.05, 0.1) is 11.8 Å². The van der Waals surface area contributed by atoms with E-state index in [1.165, 1.54) is 18.4 Å². The van der Waals surface area contributed by atoms with Crippen molar-refractivity contribution in [3.05, 3.63) is 0 Å². The normalized spacial score (nSPS) is 27.6. The first kappa shape index (κ1) is 15.2. The van der Waals surface area contributed by atoms with E-state index in [2.05, 4.69) is 0 Å². The van der Waals surface area contributed by atoms with Crippen LogP contribution in [-0.2, 0) is 19.8 Å². The molecule has 0 aromatic heterocycles. The smallest absolute Gasteiger partial charge is 0.307 e. The van der Waals surface area contributed by atoms with Crippen LogP contribution in [-0.4, -0.2) is 79.2 Å². The Morgan fingerprint density at radius 3 is 2.05 bits per heavy atom. The van der Waals surface area contributed by atoms with E-state index in [-0.39, 0.29) is 19.0 Å². The van der Waals surface area contributed by atoms with Gasteiger partial charge in [0.2, 0.25) is 5.91 Å². The summed E-state index contributed by atoms with van der Waals surface area (Å²) in [5, 5.41) is 8.82. The fraction of sp³-hybridized carbons (Fsp3) is 0.818. The second kappa shape index (κ2) is 5.30. The number of carbonyl (C=O) groups excluding carboxylic acids is 1. The van der Waals surface area contributed by atoms with Crippen molar-refractivity contribution in [1.29, 1.82) is 0 Å². The Kier molecular flexibility index (Phi) is 4.03. The zero-order chi connectivity index (χ0) is 15.1. The zero-order valence-electron chi connectivity index (χ0n) is 11.5. The van der Waals surface area contributed by atoms with Crippen molar-refractivity contribution >= 4 is 22.1 Å². The first-order valence-corrected chi connectivity index (χ1v) is 7.84. The van der Waals surface area contributed by atoms with E-state index in [1.807, 2.05) is 0 Å². The van der Waals surface area contributed by atoms with Gasteiger partial charge >= 0.3 is 5.97 Å². The van der Waals surface area contributed by atoms with Crippen molar-refractivity contribution < 1.29 is 23.1 Å². The maximum absolute atomic E-state index is 12.0. The van der Waals surface area contributed by atoms with Gasteiger partial charge in [-0.3, -0.25) is 9.59 Å². The highest BCUT2D eigenvalue weighted by molar-refractivity contribution is 7.86. The lowest BCUT2D eigenvalue weighted by molar-refractivity contribution is -0.142. The number of carbonyl (C=O) groups is 2. The molecule has 1 saturated carbocycles. The summed E-state index contributed by atoms with van der Waals surface area (Å²) in [6.07, 6.45) is 0.393. The number of carboxylic acid groups (broad SMARTS) is 1. The number of amides is 1. The van der Waals surface area contributed by atoms with Crippen LogP contribution in [0.15, 0.2) is 0 Å². The van der Waals surface area contributed by atoms with Crippen molar-refractivity contribution in [2.24, 2.45) is 11.8 Å². The molecule has 1 aliphatic carbocycles. The maximum atomic E-state index is 12.0. The van der Waals surface area contributed by atoms with Crippen LogP contribution in [0.25, 0.3) is 0 Å².